The summed E-state index contributed by atoms with van der Waals surface area (Å²) in [5.74, 6) is 0.442. The van der Waals surface area contributed by atoms with Crippen LogP contribution >= 0.6 is 15.9 Å². The zero-order valence-electron chi connectivity index (χ0n) is 10.4. The molecule has 0 bridgehead atoms. The van der Waals surface area contributed by atoms with Crippen LogP contribution < -0.4 is 10.6 Å². The summed E-state index contributed by atoms with van der Waals surface area (Å²) < 4.78 is 14.4. The first-order chi connectivity index (χ1) is 8.17. The van der Waals surface area contributed by atoms with Gasteiger partial charge in [-0.3, -0.25) is 0 Å². The molecule has 1 aromatic rings. The highest BCUT2D eigenvalue weighted by molar-refractivity contribution is 9.10. The van der Waals surface area contributed by atoms with Gasteiger partial charge in [-0.1, -0.05) is 29.3 Å². The van der Waals surface area contributed by atoms with Gasteiger partial charge in [0.1, 0.15) is 5.82 Å². The Kier molecular flexibility index (Phi) is 6.70. The van der Waals surface area contributed by atoms with Crippen molar-refractivity contribution in [3.63, 3.8) is 0 Å². The Morgan fingerprint density at radius 3 is 2.76 bits per heavy atom. The Bertz CT molecular complexity index is 344. The summed E-state index contributed by atoms with van der Waals surface area (Å²) in [5, 5.41) is 6.47. The molecule has 0 aliphatic heterocycles. The van der Waals surface area contributed by atoms with Crippen molar-refractivity contribution in [1.29, 1.82) is 0 Å². The minimum Gasteiger partial charge on any atom is -0.319 e. The predicted molar refractivity (Wildman–Crippen MR) is 73.5 cm³/mol. The third kappa shape index (κ3) is 5.15. The summed E-state index contributed by atoms with van der Waals surface area (Å²) in [6.07, 6.45) is 1.12. The molecular formula is C13H20BrFN2. The highest BCUT2D eigenvalue weighted by Gasteiger charge is 2.06. The molecule has 1 aromatic carbocycles. The molecule has 1 atom stereocenters. The van der Waals surface area contributed by atoms with Gasteiger partial charge in [-0.2, -0.15) is 0 Å². The average Bonchev–Trinajstić information content (AvgIpc) is 2.32. The van der Waals surface area contributed by atoms with Gasteiger partial charge < -0.3 is 10.6 Å². The molecule has 0 heterocycles. The standard InChI is InChI=1S/C13H20BrFN2/c1-3-10(7-16-2)8-17-9-11-6-12(14)4-5-13(11)15/h4-6,10,16-17H,3,7-9H2,1-2H3. The fraction of sp³-hybridized carbons (Fsp3) is 0.538. The van der Waals surface area contributed by atoms with Gasteiger partial charge in [0.25, 0.3) is 0 Å². The Morgan fingerprint density at radius 2 is 2.12 bits per heavy atom. The minimum atomic E-state index is -0.151. The summed E-state index contributed by atoms with van der Waals surface area (Å²) in [6, 6.07) is 5.03. The van der Waals surface area contributed by atoms with Crippen LogP contribution in [0.1, 0.15) is 18.9 Å². The maximum absolute atomic E-state index is 13.5. The first-order valence-electron chi connectivity index (χ1n) is 5.96. The third-order valence-electron chi connectivity index (χ3n) is 2.83. The van der Waals surface area contributed by atoms with Crippen LogP contribution in [0.15, 0.2) is 22.7 Å². The van der Waals surface area contributed by atoms with Gasteiger partial charge in [-0.15, -0.1) is 0 Å². The van der Waals surface area contributed by atoms with E-state index in [9.17, 15) is 4.39 Å². The van der Waals surface area contributed by atoms with Gasteiger partial charge in [0.2, 0.25) is 0 Å². The second kappa shape index (κ2) is 7.80. The summed E-state index contributed by atoms with van der Waals surface area (Å²) in [6.45, 7) is 4.64. The van der Waals surface area contributed by atoms with E-state index in [1.54, 1.807) is 6.07 Å². The molecule has 96 valence electrons. The quantitative estimate of drug-likeness (QED) is 0.809. The van der Waals surface area contributed by atoms with Gasteiger partial charge in [0, 0.05) is 16.6 Å². The molecule has 2 N–H and O–H groups in total. The van der Waals surface area contributed by atoms with Gasteiger partial charge in [-0.25, -0.2) is 4.39 Å². The van der Waals surface area contributed by atoms with E-state index in [1.165, 1.54) is 6.07 Å². The second-order valence-corrected chi connectivity index (χ2v) is 5.11. The maximum atomic E-state index is 13.5. The minimum absolute atomic E-state index is 0.151. The lowest BCUT2D eigenvalue weighted by atomic mass is 10.1. The lowest BCUT2D eigenvalue weighted by molar-refractivity contribution is 0.441. The lowest BCUT2D eigenvalue weighted by Crippen LogP contribution is -2.29. The molecule has 0 aliphatic carbocycles. The Labute approximate surface area is 111 Å². The van der Waals surface area contributed by atoms with Crippen LogP contribution in [0.3, 0.4) is 0 Å². The van der Waals surface area contributed by atoms with E-state index in [-0.39, 0.29) is 5.82 Å². The first kappa shape index (κ1) is 14.6. The molecule has 0 spiro atoms. The molecule has 0 fully saturated rings. The molecule has 0 saturated carbocycles. The summed E-state index contributed by atoms with van der Waals surface area (Å²) in [7, 11) is 1.95. The number of benzene rings is 1. The van der Waals surface area contributed by atoms with Crippen molar-refractivity contribution in [2.75, 3.05) is 20.1 Å². The molecule has 0 aromatic heterocycles. The highest BCUT2D eigenvalue weighted by atomic mass is 79.9. The molecule has 0 aliphatic rings. The van der Waals surface area contributed by atoms with Crippen molar-refractivity contribution in [2.24, 2.45) is 5.92 Å². The summed E-state index contributed by atoms with van der Waals surface area (Å²) in [4.78, 5) is 0. The van der Waals surface area contributed by atoms with Gasteiger partial charge >= 0.3 is 0 Å². The Balaban J connectivity index is 2.42. The second-order valence-electron chi connectivity index (χ2n) is 4.20. The van der Waals surface area contributed by atoms with E-state index in [0.29, 0.717) is 18.0 Å². The van der Waals surface area contributed by atoms with Gasteiger partial charge in [0.15, 0.2) is 0 Å². The van der Waals surface area contributed by atoms with Crippen LogP contribution in [0.5, 0.6) is 0 Å². The molecule has 2 nitrogen and oxygen atoms in total. The Hall–Kier alpha value is -0.450. The lowest BCUT2D eigenvalue weighted by Gasteiger charge is -2.15. The van der Waals surface area contributed by atoms with E-state index >= 15 is 0 Å². The normalized spacial score (nSPS) is 12.7. The van der Waals surface area contributed by atoms with Crippen LogP contribution in [0.2, 0.25) is 0 Å². The number of hydrogen-bond acceptors (Lipinski definition) is 2. The zero-order chi connectivity index (χ0) is 12.7. The number of halogens is 2. The predicted octanol–water partition coefficient (Wildman–Crippen LogP) is 2.92. The first-order valence-corrected chi connectivity index (χ1v) is 6.76. The van der Waals surface area contributed by atoms with Crippen LogP contribution in [-0.2, 0) is 6.54 Å². The molecule has 17 heavy (non-hydrogen) atoms. The Morgan fingerprint density at radius 1 is 1.35 bits per heavy atom. The maximum Gasteiger partial charge on any atom is 0.127 e. The highest BCUT2D eigenvalue weighted by Crippen LogP contribution is 2.15. The van der Waals surface area contributed by atoms with E-state index < -0.39 is 0 Å². The van der Waals surface area contributed by atoms with Crippen LogP contribution in [0, 0.1) is 11.7 Å². The largest absolute Gasteiger partial charge is 0.319 e. The van der Waals surface area contributed by atoms with Crippen molar-refractivity contribution >= 4 is 15.9 Å². The van der Waals surface area contributed by atoms with Crippen LogP contribution in [0.25, 0.3) is 0 Å². The molecule has 1 unspecified atom stereocenters. The monoisotopic (exact) mass is 302 g/mol. The SMILES string of the molecule is CCC(CNC)CNCc1cc(Br)ccc1F. The van der Waals surface area contributed by atoms with Crippen molar-refractivity contribution in [2.45, 2.75) is 19.9 Å². The van der Waals surface area contributed by atoms with E-state index in [1.807, 2.05) is 13.1 Å². The molecule has 4 heteroatoms. The van der Waals surface area contributed by atoms with Crippen LogP contribution in [-0.4, -0.2) is 20.1 Å². The zero-order valence-corrected chi connectivity index (χ0v) is 12.0. The molecule has 0 radical (unpaired) electrons. The van der Waals surface area contributed by atoms with Crippen molar-refractivity contribution in [3.8, 4) is 0 Å². The molecule has 0 saturated heterocycles. The van der Waals surface area contributed by atoms with E-state index in [0.717, 1.165) is 24.0 Å². The average molecular weight is 303 g/mol. The number of hydrogen-bond donors (Lipinski definition) is 2. The number of rotatable bonds is 7. The van der Waals surface area contributed by atoms with Crippen molar-refractivity contribution in [1.82, 2.24) is 10.6 Å². The van der Waals surface area contributed by atoms with E-state index in [4.69, 9.17) is 0 Å². The third-order valence-corrected chi connectivity index (χ3v) is 3.32. The van der Waals surface area contributed by atoms with Crippen molar-refractivity contribution < 1.29 is 4.39 Å². The molecule has 1 rings (SSSR count). The smallest absolute Gasteiger partial charge is 0.127 e. The van der Waals surface area contributed by atoms with Gasteiger partial charge in [0.05, 0.1) is 0 Å². The fourth-order valence-electron chi connectivity index (χ4n) is 1.74. The van der Waals surface area contributed by atoms with Gasteiger partial charge in [-0.05, 0) is 44.3 Å². The topological polar surface area (TPSA) is 24.1 Å². The van der Waals surface area contributed by atoms with Crippen molar-refractivity contribution in [3.05, 3.63) is 34.1 Å². The summed E-state index contributed by atoms with van der Waals surface area (Å²) in [5.41, 5.74) is 0.707. The van der Waals surface area contributed by atoms with E-state index in [2.05, 4.69) is 33.5 Å². The summed E-state index contributed by atoms with van der Waals surface area (Å²) >= 11 is 3.35. The fourth-order valence-corrected chi connectivity index (χ4v) is 2.15. The molecule has 0 amide bonds. The van der Waals surface area contributed by atoms with Crippen LogP contribution in [0.4, 0.5) is 4.39 Å². The number of nitrogens with one attached hydrogen (secondary N) is 2. The molecular weight excluding hydrogens is 283 g/mol.